The number of anilines is 1. The number of carboxylic acids is 1. The molecule has 1 aromatic heterocycles. The van der Waals surface area contributed by atoms with Crippen molar-refractivity contribution in [1.82, 2.24) is 4.98 Å². The molecule has 2 rings (SSSR count). The van der Waals surface area contributed by atoms with Crippen LogP contribution in [0.4, 0.5) is 5.82 Å². The van der Waals surface area contributed by atoms with Gasteiger partial charge in [0, 0.05) is 17.5 Å². The topological polar surface area (TPSA) is 53.4 Å². The average molecular weight is 279 g/mol. The highest BCUT2D eigenvalue weighted by Gasteiger charge is 2.18. The number of halogens is 1. The van der Waals surface area contributed by atoms with E-state index in [0.717, 1.165) is 16.5 Å². The van der Waals surface area contributed by atoms with E-state index in [4.69, 9.17) is 16.7 Å². The summed E-state index contributed by atoms with van der Waals surface area (Å²) in [5.41, 5.74) is 1.70. The lowest BCUT2D eigenvalue weighted by Gasteiger charge is -2.23. The summed E-state index contributed by atoms with van der Waals surface area (Å²) in [6.45, 7) is 3.53. The second kappa shape index (κ2) is 5.05. The number of pyridine rings is 1. The Bertz CT molecular complexity index is 643. The van der Waals surface area contributed by atoms with Crippen molar-refractivity contribution in [2.45, 2.75) is 19.9 Å². The fourth-order valence-corrected chi connectivity index (χ4v) is 2.01. The fourth-order valence-electron chi connectivity index (χ4n) is 1.86. The van der Waals surface area contributed by atoms with Crippen molar-refractivity contribution in [2.75, 3.05) is 11.9 Å². The molecule has 0 aliphatic heterocycles. The molecule has 1 atom stereocenters. The first kappa shape index (κ1) is 13.6. The zero-order chi connectivity index (χ0) is 14.2. The SMILES string of the molecule is Cc1c(Cl)ccc2ccc(N(C)C(C)C(=O)O)nc12. The van der Waals surface area contributed by atoms with E-state index in [0.29, 0.717) is 10.8 Å². The van der Waals surface area contributed by atoms with Gasteiger partial charge < -0.3 is 10.0 Å². The highest BCUT2D eigenvalue weighted by molar-refractivity contribution is 6.32. The summed E-state index contributed by atoms with van der Waals surface area (Å²) in [5, 5.41) is 10.7. The van der Waals surface area contributed by atoms with Gasteiger partial charge in [-0.25, -0.2) is 9.78 Å². The first-order chi connectivity index (χ1) is 8.91. The lowest BCUT2D eigenvalue weighted by atomic mass is 10.1. The number of nitrogens with zero attached hydrogens (tertiary/aromatic N) is 2. The molecule has 1 unspecified atom stereocenters. The molecular formula is C14H15ClN2O2. The summed E-state index contributed by atoms with van der Waals surface area (Å²) in [6.07, 6.45) is 0. The number of hydrogen-bond acceptors (Lipinski definition) is 3. The van der Waals surface area contributed by atoms with E-state index in [-0.39, 0.29) is 0 Å². The number of hydrogen-bond donors (Lipinski definition) is 1. The predicted molar refractivity (Wildman–Crippen MR) is 77.0 cm³/mol. The Balaban J connectivity index is 2.52. The van der Waals surface area contributed by atoms with Crippen LogP contribution in [0, 0.1) is 6.92 Å². The first-order valence-corrected chi connectivity index (χ1v) is 6.31. The zero-order valence-electron chi connectivity index (χ0n) is 11.0. The van der Waals surface area contributed by atoms with E-state index in [1.807, 2.05) is 31.2 Å². The third-order valence-electron chi connectivity index (χ3n) is 3.33. The number of fused-ring (bicyclic) bond motifs is 1. The maximum absolute atomic E-state index is 11.0. The van der Waals surface area contributed by atoms with Crippen molar-refractivity contribution >= 4 is 34.3 Å². The third kappa shape index (κ3) is 2.49. The molecule has 0 bridgehead atoms. The number of carboxylic acid groups (broad SMARTS) is 1. The van der Waals surface area contributed by atoms with Crippen molar-refractivity contribution < 1.29 is 9.90 Å². The van der Waals surface area contributed by atoms with Gasteiger partial charge in [-0.05, 0) is 37.6 Å². The Hall–Kier alpha value is -1.81. The van der Waals surface area contributed by atoms with Gasteiger partial charge in [0.15, 0.2) is 0 Å². The fraction of sp³-hybridized carbons (Fsp3) is 0.286. The van der Waals surface area contributed by atoms with E-state index in [9.17, 15) is 4.79 Å². The van der Waals surface area contributed by atoms with E-state index >= 15 is 0 Å². The van der Waals surface area contributed by atoms with Gasteiger partial charge in [-0.15, -0.1) is 0 Å². The van der Waals surface area contributed by atoms with Crippen LogP contribution in [-0.2, 0) is 4.79 Å². The Morgan fingerprint density at radius 3 is 2.63 bits per heavy atom. The minimum Gasteiger partial charge on any atom is -0.480 e. The van der Waals surface area contributed by atoms with Crippen molar-refractivity contribution in [3.05, 3.63) is 34.9 Å². The summed E-state index contributed by atoms with van der Waals surface area (Å²) in [7, 11) is 1.72. The summed E-state index contributed by atoms with van der Waals surface area (Å²) < 4.78 is 0. The molecule has 100 valence electrons. The quantitative estimate of drug-likeness (QED) is 0.937. The monoisotopic (exact) mass is 278 g/mol. The maximum Gasteiger partial charge on any atom is 0.326 e. The summed E-state index contributed by atoms with van der Waals surface area (Å²) in [4.78, 5) is 17.2. The van der Waals surface area contributed by atoms with Gasteiger partial charge in [0.25, 0.3) is 0 Å². The Labute approximate surface area is 116 Å². The Morgan fingerprint density at radius 1 is 1.37 bits per heavy atom. The summed E-state index contributed by atoms with van der Waals surface area (Å²) >= 11 is 6.08. The van der Waals surface area contributed by atoms with Crippen LogP contribution in [0.1, 0.15) is 12.5 Å². The number of aryl methyl sites for hydroxylation is 1. The van der Waals surface area contributed by atoms with Crippen LogP contribution >= 0.6 is 11.6 Å². The van der Waals surface area contributed by atoms with Crippen LogP contribution in [0.3, 0.4) is 0 Å². The minimum atomic E-state index is -0.882. The van der Waals surface area contributed by atoms with Gasteiger partial charge in [0.1, 0.15) is 11.9 Å². The van der Waals surface area contributed by atoms with Crippen molar-refractivity contribution in [1.29, 1.82) is 0 Å². The molecule has 0 spiro atoms. The summed E-state index contributed by atoms with van der Waals surface area (Å²) in [6, 6.07) is 6.84. The zero-order valence-corrected chi connectivity index (χ0v) is 11.8. The molecule has 0 aliphatic carbocycles. The molecule has 0 aliphatic rings. The Kier molecular flexibility index (Phi) is 3.62. The molecule has 0 amide bonds. The molecule has 0 saturated carbocycles. The van der Waals surface area contributed by atoms with Crippen LogP contribution in [0.5, 0.6) is 0 Å². The van der Waals surface area contributed by atoms with Gasteiger partial charge in [-0.3, -0.25) is 0 Å². The van der Waals surface area contributed by atoms with E-state index < -0.39 is 12.0 Å². The molecule has 0 saturated heterocycles. The number of aromatic nitrogens is 1. The second-order valence-corrected chi connectivity index (χ2v) is 4.95. The Morgan fingerprint density at radius 2 is 2.00 bits per heavy atom. The second-order valence-electron chi connectivity index (χ2n) is 4.54. The van der Waals surface area contributed by atoms with Crippen molar-refractivity contribution in [3.63, 3.8) is 0 Å². The van der Waals surface area contributed by atoms with Gasteiger partial charge in [-0.1, -0.05) is 17.7 Å². The van der Waals surface area contributed by atoms with Gasteiger partial charge in [0.05, 0.1) is 5.52 Å². The predicted octanol–water partition coefficient (Wildman–Crippen LogP) is 3.11. The number of carbonyl (C=O) groups is 1. The van der Waals surface area contributed by atoms with Crippen LogP contribution < -0.4 is 4.90 Å². The highest BCUT2D eigenvalue weighted by Crippen LogP contribution is 2.26. The highest BCUT2D eigenvalue weighted by atomic mass is 35.5. The van der Waals surface area contributed by atoms with Crippen LogP contribution in [0.2, 0.25) is 5.02 Å². The smallest absolute Gasteiger partial charge is 0.326 e. The van der Waals surface area contributed by atoms with Crippen molar-refractivity contribution in [3.8, 4) is 0 Å². The number of rotatable bonds is 3. The van der Waals surface area contributed by atoms with E-state index in [1.165, 1.54) is 0 Å². The van der Waals surface area contributed by atoms with Gasteiger partial charge >= 0.3 is 5.97 Å². The lowest BCUT2D eigenvalue weighted by Crippen LogP contribution is -2.36. The summed E-state index contributed by atoms with van der Waals surface area (Å²) in [5.74, 6) is -0.264. The minimum absolute atomic E-state index is 0.618. The van der Waals surface area contributed by atoms with Gasteiger partial charge in [-0.2, -0.15) is 0 Å². The van der Waals surface area contributed by atoms with Crippen molar-refractivity contribution in [2.24, 2.45) is 0 Å². The maximum atomic E-state index is 11.0. The largest absolute Gasteiger partial charge is 0.480 e. The molecular weight excluding hydrogens is 264 g/mol. The molecule has 1 heterocycles. The van der Waals surface area contributed by atoms with E-state index in [1.54, 1.807) is 18.9 Å². The molecule has 4 nitrogen and oxygen atoms in total. The van der Waals surface area contributed by atoms with Crippen LogP contribution in [0.15, 0.2) is 24.3 Å². The van der Waals surface area contributed by atoms with Gasteiger partial charge in [0.2, 0.25) is 0 Å². The molecule has 2 aromatic rings. The van der Waals surface area contributed by atoms with Crippen LogP contribution in [-0.4, -0.2) is 29.1 Å². The number of benzene rings is 1. The molecule has 5 heteroatoms. The third-order valence-corrected chi connectivity index (χ3v) is 3.74. The number of likely N-dealkylation sites (N-methyl/N-ethyl adjacent to an activating group) is 1. The van der Waals surface area contributed by atoms with E-state index in [2.05, 4.69) is 4.98 Å². The standard InChI is InChI=1S/C14H15ClN2O2/c1-8-11(15)6-4-10-5-7-12(16-13(8)10)17(3)9(2)14(18)19/h4-7,9H,1-3H3,(H,18,19). The molecule has 1 aromatic carbocycles. The number of aliphatic carboxylic acids is 1. The first-order valence-electron chi connectivity index (χ1n) is 5.93. The normalized spacial score (nSPS) is 12.4. The lowest BCUT2D eigenvalue weighted by molar-refractivity contribution is -0.138. The average Bonchev–Trinajstić information content (AvgIpc) is 2.41. The molecule has 1 N–H and O–H groups in total. The molecule has 0 fully saturated rings. The van der Waals surface area contributed by atoms with Crippen LogP contribution in [0.25, 0.3) is 10.9 Å². The molecule has 0 radical (unpaired) electrons. The molecule has 19 heavy (non-hydrogen) atoms.